The molecule has 0 aromatic heterocycles. The summed E-state index contributed by atoms with van der Waals surface area (Å²) in [5.74, 6) is -7.67. The van der Waals surface area contributed by atoms with Crippen molar-refractivity contribution >= 4 is 11.6 Å². The van der Waals surface area contributed by atoms with Crippen molar-refractivity contribution in [2.45, 2.75) is 25.9 Å². The minimum absolute atomic E-state index is 0.0106. The maximum Gasteiger partial charge on any atom is 0.463 e. The summed E-state index contributed by atoms with van der Waals surface area (Å²) < 4.78 is 62.6. The molecule has 0 heterocycles. The molecule has 1 rings (SSSR count). The van der Waals surface area contributed by atoms with E-state index >= 15 is 0 Å². The number of hydrogen-bond acceptors (Lipinski definition) is 1. The fraction of sp³-hybridized carbons (Fsp3) is 0.417. The summed E-state index contributed by atoms with van der Waals surface area (Å²) in [5, 5.41) is 0. The first-order valence-corrected chi connectivity index (χ1v) is 5.44. The Bertz CT molecular complexity index is 469. The molecule has 0 unspecified atom stereocenters. The number of hydrogen-bond donors (Lipinski definition) is 0. The number of anilines is 1. The summed E-state index contributed by atoms with van der Waals surface area (Å²) in [6, 6.07) is 5.80. The second-order valence-electron chi connectivity index (χ2n) is 3.96. The number of carbonyl (C=O) groups excluding carboxylic acids is 1. The second-order valence-corrected chi connectivity index (χ2v) is 3.96. The third-order valence-electron chi connectivity index (χ3n) is 2.50. The van der Waals surface area contributed by atoms with Crippen LogP contribution in [-0.2, 0) is 4.79 Å². The lowest BCUT2D eigenvalue weighted by atomic mass is 10.2. The second kappa shape index (κ2) is 5.14. The third-order valence-corrected chi connectivity index (χ3v) is 2.50. The quantitative estimate of drug-likeness (QED) is 0.776. The molecule has 1 aromatic carbocycles. The van der Waals surface area contributed by atoms with Gasteiger partial charge in [0, 0.05) is 12.2 Å². The summed E-state index contributed by atoms with van der Waals surface area (Å²) in [6.07, 6.45) is -5.90. The van der Waals surface area contributed by atoms with E-state index in [-0.39, 0.29) is 12.2 Å². The Morgan fingerprint density at radius 3 is 2.21 bits per heavy atom. The highest BCUT2D eigenvalue weighted by Gasteiger charge is 2.64. The molecule has 106 valence electrons. The highest BCUT2D eigenvalue weighted by atomic mass is 19.4. The van der Waals surface area contributed by atoms with Crippen LogP contribution in [0.1, 0.15) is 12.5 Å². The van der Waals surface area contributed by atoms with Crippen LogP contribution in [0.3, 0.4) is 0 Å². The molecular formula is C12H12F5NO. The average molecular weight is 281 g/mol. The Labute approximate surface area is 106 Å². The highest BCUT2D eigenvalue weighted by molar-refractivity contribution is 5.98. The van der Waals surface area contributed by atoms with Crippen molar-refractivity contribution in [1.82, 2.24) is 0 Å². The van der Waals surface area contributed by atoms with Gasteiger partial charge in [-0.3, -0.25) is 4.79 Å². The average Bonchev–Trinajstić information content (AvgIpc) is 2.28. The van der Waals surface area contributed by atoms with Gasteiger partial charge in [-0.15, -0.1) is 0 Å². The van der Waals surface area contributed by atoms with E-state index in [2.05, 4.69) is 0 Å². The molecule has 0 radical (unpaired) electrons. The summed E-state index contributed by atoms with van der Waals surface area (Å²) in [7, 11) is 0. The smallest absolute Gasteiger partial charge is 0.307 e. The molecule has 0 aliphatic carbocycles. The monoisotopic (exact) mass is 281 g/mol. The number of rotatable bonds is 3. The van der Waals surface area contributed by atoms with Crippen molar-refractivity contribution in [1.29, 1.82) is 0 Å². The zero-order valence-corrected chi connectivity index (χ0v) is 10.3. The summed E-state index contributed by atoms with van der Waals surface area (Å²) >= 11 is 0. The van der Waals surface area contributed by atoms with E-state index in [1.165, 1.54) is 25.1 Å². The van der Waals surface area contributed by atoms with Crippen LogP contribution >= 0.6 is 0 Å². The van der Waals surface area contributed by atoms with Crippen LogP contribution in [0.4, 0.5) is 27.6 Å². The first kappa shape index (κ1) is 15.4. The van der Waals surface area contributed by atoms with Gasteiger partial charge in [-0.1, -0.05) is 12.1 Å². The minimum Gasteiger partial charge on any atom is -0.307 e. The Balaban J connectivity index is 3.15. The lowest BCUT2D eigenvalue weighted by Gasteiger charge is -2.27. The maximum absolute atomic E-state index is 13.0. The molecule has 0 atom stereocenters. The van der Waals surface area contributed by atoms with E-state index in [1.807, 2.05) is 0 Å². The van der Waals surface area contributed by atoms with Gasteiger partial charge < -0.3 is 4.90 Å². The van der Waals surface area contributed by atoms with Crippen LogP contribution < -0.4 is 4.90 Å². The normalized spacial score (nSPS) is 12.4. The Kier molecular flexibility index (Phi) is 4.17. The maximum atomic E-state index is 13.0. The van der Waals surface area contributed by atoms with Crippen LogP contribution in [-0.4, -0.2) is 24.6 Å². The highest BCUT2D eigenvalue weighted by Crippen LogP contribution is 2.37. The van der Waals surface area contributed by atoms with Crippen molar-refractivity contribution in [2.75, 3.05) is 11.4 Å². The summed E-state index contributed by atoms with van der Waals surface area (Å²) in [5.41, 5.74) is 0.663. The molecule has 0 aliphatic heterocycles. The van der Waals surface area contributed by atoms with Gasteiger partial charge in [0.1, 0.15) is 0 Å². The van der Waals surface area contributed by atoms with E-state index in [4.69, 9.17) is 0 Å². The zero-order chi connectivity index (χ0) is 14.8. The van der Waals surface area contributed by atoms with Crippen molar-refractivity contribution in [3.8, 4) is 0 Å². The van der Waals surface area contributed by atoms with Gasteiger partial charge in [0.25, 0.3) is 0 Å². The Morgan fingerprint density at radius 1 is 1.21 bits per heavy atom. The van der Waals surface area contributed by atoms with Crippen LogP contribution in [0.5, 0.6) is 0 Å². The first-order valence-electron chi connectivity index (χ1n) is 5.44. The van der Waals surface area contributed by atoms with Crippen LogP contribution in [0.15, 0.2) is 24.3 Å². The van der Waals surface area contributed by atoms with Gasteiger partial charge in [-0.25, -0.2) is 0 Å². The predicted octanol–water partition coefficient (Wildman–Crippen LogP) is 3.55. The van der Waals surface area contributed by atoms with E-state index in [9.17, 15) is 26.7 Å². The SMILES string of the molecule is CCN(C(=O)C(F)(F)C(F)(F)F)c1cccc(C)c1. The molecule has 19 heavy (non-hydrogen) atoms. The van der Waals surface area contributed by atoms with Crippen molar-refractivity contribution < 1.29 is 26.7 Å². The number of benzene rings is 1. The standard InChI is InChI=1S/C12H12F5NO/c1-3-18(9-6-4-5-8(2)7-9)10(19)11(13,14)12(15,16)17/h4-7H,3H2,1-2H3. The Morgan fingerprint density at radius 2 is 1.79 bits per heavy atom. The molecule has 0 bridgehead atoms. The molecule has 0 N–H and O–H groups in total. The zero-order valence-electron chi connectivity index (χ0n) is 10.3. The van der Waals surface area contributed by atoms with Crippen LogP contribution in [0, 0.1) is 6.92 Å². The summed E-state index contributed by atoms with van der Waals surface area (Å²) in [6.45, 7) is 2.68. The van der Waals surface area contributed by atoms with Gasteiger partial charge in [-0.05, 0) is 31.5 Å². The number of alkyl halides is 5. The topological polar surface area (TPSA) is 20.3 Å². The first-order chi connectivity index (χ1) is 8.61. The number of aryl methyl sites for hydroxylation is 1. The number of halogens is 5. The van der Waals surface area contributed by atoms with Gasteiger partial charge in [0.05, 0.1) is 0 Å². The van der Waals surface area contributed by atoms with Gasteiger partial charge in [-0.2, -0.15) is 22.0 Å². The third kappa shape index (κ3) is 3.02. The predicted molar refractivity (Wildman–Crippen MR) is 60.2 cm³/mol. The van der Waals surface area contributed by atoms with E-state index in [0.29, 0.717) is 10.5 Å². The van der Waals surface area contributed by atoms with Gasteiger partial charge in [0.2, 0.25) is 0 Å². The van der Waals surface area contributed by atoms with Crippen LogP contribution in [0.2, 0.25) is 0 Å². The van der Waals surface area contributed by atoms with Crippen molar-refractivity contribution in [3.63, 3.8) is 0 Å². The molecule has 0 fully saturated rings. The lowest BCUT2D eigenvalue weighted by molar-refractivity contribution is -0.268. The molecule has 2 nitrogen and oxygen atoms in total. The van der Waals surface area contributed by atoms with Crippen molar-refractivity contribution in [3.05, 3.63) is 29.8 Å². The molecule has 0 spiro atoms. The molecule has 0 aliphatic rings. The molecule has 0 saturated heterocycles. The number of nitrogens with zero attached hydrogens (tertiary/aromatic N) is 1. The lowest BCUT2D eigenvalue weighted by Crippen LogP contribution is -2.52. The van der Waals surface area contributed by atoms with Crippen molar-refractivity contribution in [2.24, 2.45) is 0 Å². The van der Waals surface area contributed by atoms with Gasteiger partial charge >= 0.3 is 18.0 Å². The molecule has 0 saturated carbocycles. The number of amides is 1. The molecule has 1 aromatic rings. The largest absolute Gasteiger partial charge is 0.463 e. The number of carbonyl (C=O) groups is 1. The van der Waals surface area contributed by atoms with Gasteiger partial charge in [0.15, 0.2) is 0 Å². The Hall–Kier alpha value is -1.66. The fourth-order valence-corrected chi connectivity index (χ4v) is 1.53. The molecular weight excluding hydrogens is 269 g/mol. The molecule has 7 heteroatoms. The van der Waals surface area contributed by atoms with E-state index in [0.717, 1.165) is 0 Å². The van der Waals surface area contributed by atoms with E-state index < -0.39 is 18.0 Å². The minimum atomic E-state index is -5.90. The van der Waals surface area contributed by atoms with Crippen LogP contribution in [0.25, 0.3) is 0 Å². The van der Waals surface area contributed by atoms with E-state index in [1.54, 1.807) is 13.0 Å². The summed E-state index contributed by atoms with van der Waals surface area (Å²) in [4.78, 5) is 11.8. The molecule has 1 amide bonds. The fourth-order valence-electron chi connectivity index (χ4n) is 1.53.